The van der Waals surface area contributed by atoms with Gasteiger partial charge >= 0.3 is 5.97 Å². The van der Waals surface area contributed by atoms with Crippen LogP contribution in [0.15, 0.2) is 24.3 Å². The molecule has 2 rings (SSSR count). The highest BCUT2D eigenvalue weighted by Gasteiger charge is 2.24. The van der Waals surface area contributed by atoms with E-state index in [1.54, 1.807) is 6.92 Å². The van der Waals surface area contributed by atoms with E-state index in [-0.39, 0.29) is 5.92 Å². The van der Waals surface area contributed by atoms with Gasteiger partial charge in [-0.1, -0.05) is 32.0 Å². The molecule has 0 bridgehead atoms. The fraction of sp³-hybridized carbons (Fsp3) is 0.562. The largest absolute Gasteiger partial charge is 0.493 e. The van der Waals surface area contributed by atoms with Gasteiger partial charge in [0.25, 0.3) is 0 Å². The third-order valence-corrected chi connectivity index (χ3v) is 3.96. The Bertz CT molecular complexity index is 461. The second-order valence-corrected chi connectivity index (χ2v) is 5.46. The van der Waals surface area contributed by atoms with Gasteiger partial charge in [-0.2, -0.15) is 0 Å². The van der Waals surface area contributed by atoms with Crippen molar-refractivity contribution >= 4 is 5.97 Å². The number of nitrogens with zero attached hydrogens (tertiary/aromatic N) is 1. The topological polar surface area (TPSA) is 49.8 Å². The molecule has 2 atom stereocenters. The summed E-state index contributed by atoms with van der Waals surface area (Å²) in [4.78, 5) is 13.2. The molecule has 1 aromatic carbocycles. The molecule has 0 radical (unpaired) electrons. The highest BCUT2D eigenvalue weighted by molar-refractivity contribution is 5.69. The number of carboxylic acids is 1. The second kappa shape index (κ2) is 6.75. The average molecular weight is 277 g/mol. The summed E-state index contributed by atoms with van der Waals surface area (Å²) >= 11 is 0. The van der Waals surface area contributed by atoms with E-state index < -0.39 is 5.97 Å². The van der Waals surface area contributed by atoms with Gasteiger partial charge in [0.15, 0.2) is 0 Å². The predicted octanol–water partition coefficient (Wildman–Crippen LogP) is 2.60. The van der Waals surface area contributed by atoms with Gasteiger partial charge in [-0.05, 0) is 24.6 Å². The van der Waals surface area contributed by atoms with Crippen LogP contribution >= 0.6 is 0 Å². The van der Waals surface area contributed by atoms with E-state index in [0.717, 1.165) is 31.9 Å². The van der Waals surface area contributed by atoms with Crippen LogP contribution in [0.25, 0.3) is 0 Å². The van der Waals surface area contributed by atoms with Crippen molar-refractivity contribution in [3.63, 3.8) is 0 Å². The number of ether oxygens (including phenoxy) is 1. The minimum Gasteiger partial charge on any atom is -0.493 e. The molecule has 2 unspecified atom stereocenters. The second-order valence-electron chi connectivity index (χ2n) is 5.46. The monoisotopic (exact) mass is 277 g/mol. The van der Waals surface area contributed by atoms with E-state index in [0.29, 0.717) is 12.5 Å². The lowest BCUT2D eigenvalue weighted by Gasteiger charge is -2.31. The van der Waals surface area contributed by atoms with Gasteiger partial charge in [0.2, 0.25) is 0 Å². The number of carbonyl (C=O) groups is 1. The molecule has 1 aliphatic heterocycles. The van der Waals surface area contributed by atoms with Gasteiger partial charge in [-0.25, -0.2) is 0 Å². The highest BCUT2D eigenvalue weighted by Crippen LogP contribution is 2.33. The summed E-state index contributed by atoms with van der Waals surface area (Å²) in [5.41, 5.74) is 1.25. The molecule has 0 saturated heterocycles. The van der Waals surface area contributed by atoms with Crippen molar-refractivity contribution < 1.29 is 14.6 Å². The number of hydrogen-bond acceptors (Lipinski definition) is 3. The molecule has 1 N–H and O–H groups in total. The first kappa shape index (κ1) is 14.9. The molecular weight excluding hydrogens is 254 g/mol. The zero-order chi connectivity index (χ0) is 14.5. The van der Waals surface area contributed by atoms with E-state index in [4.69, 9.17) is 9.84 Å². The lowest BCUT2D eigenvalue weighted by molar-refractivity contribution is -0.141. The quantitative estimate of drug-likeness (QED) is 0.868. The molecule has 0 amide bonds. The minimum atomic E-state index is -0.726. The number of carboxylic acid groups (broad SMARTS) is 1. The highest BCUT2D eigenvalue weighted by atomic mass is 16.5. The average Bonchev–Trinajstić information content (AvgIpc) is 2.46. The Morgan fingerprint density at radius 3 is 2.95 bits per heavy atom. The number of fused-ring (bicyclic) bond motifs is 1. The number of benzene rings is 1. The fourth-order valence-electron chi connectivity index (χ4n) is 2.72. The standard InChI is InChI=1S/C16H23NO3/c1-3-17(10-12(2)16(18)19)11-13-8-9-20-15-7-5-4-6-14(13)15/h4-7,12-13H,3,8-11H2,1-2H3,(H,18,19). The predicted molar refractivity (Wildman–Crippen MR) is 78.2 cm³/mol. The first-order chi connectivity index (χ1) is 9.61. The van der Waals surface area contributed by atoms with Crippen molar-refractivity contribution in [2.75, 3.05) is 26.2 Å². The van der Waals surface area contributed by atoms with Gasteiger partial charge in [0, 0.05) is 19.0 Å². The van der Waals surface area contributed by atoms with Crippen LogP contribution in [0.2, 0.25) is 0 Å². The van der Waals surface area contributed by atoms with Crippen molar-refractivity contribution in [2.45, 2.75) is 26.2 Å². The van der Waals surface area contributed by atoms with E-state index in [9.17, 15) is 4.79 Å². The Morgan fingerprint density at radius 2 is 2.25 bits per heavy atom. The van der Waals surface area contributed by atoms with Gasteiger partial charge < -0.3 is 14.7 Å². The SMILES string of the molecule is CCN(CC(C)C(=O)O)CC1CCOc2ccccc21. The summed E-state index contributed by atoms with van der Waals surface area (Å²) < 4.78 is 5.68. The summed E-state index contributed by atoms with van der Waals surface area (Å²) in [5, 5.41) is 9.04. The van der Waals surface area contributed by atoms with E-state index in [1.807, 2.05) is 18.2 Å². The first-order valence-corrected chi connectivity index (χ1v) is 7.28. The maximum atomic E-state index is 11.0. The van der Waals surface area contributed by atoms with Crippen LogP contribution < -0.4 is 4.74 Å². The maximum Gasteiger partial charge on any atom is 0.307 e. The van der Waals surface area contributed by atoms with Crippen molar-refractivity contribution in [3.8, 4) is 5.75 Å². The summed E-state index contributed by atoms with van der Waals surface area (Å²) in [6.07, 6.45) is 0.995. The minimum absolute atomic E-state index is 0.329. The number of likely N-dealkylation sites (N-methyl/N-ethyl adjacent to an activating group) is 1. The normalized spacial score (nSPS) is 19.2. The Morgan fingerprint density at radius 1 is 1.50 bits per heavy atom. The smallest absolute Gasteiger partial charge is 0.307 e. The number of hydrogen-bond donors (Lipinski definition) is 1. The fourth-order valence-corrected chi connectivity index (χ4v) is 2.72. The molecular formula is C16H23NO3. The first-order valence-electron chi connectivity index (χ1n) is 7.28. The lowest BCUT2D eigenvalue weighted by atomic mass is 9.92. The third kappa shape index (κ3) is 3.51. The van der Waals surface area contributed by atoms with Gasteiger partial charge in [-0.15, -0.1) is 0 Å². The molecule has 4 heteroatoms. The van der Waals surface area contributed by atoms with Crippen molar-refractivity contribution in [1.29, 1.82) is 0 Å². The lowest BCUT2D eigenvalue weighted by Crippen LogP contribution is -2.36. The van der Waals surface area contributed by atoms with Crippen LogP contribution in [0.3, 0.4) is 0 Å². The van der Waals surface area contributed by atoms with Crippen molar-refractivity contribution in [3.05, 3.63) is 29.8 Å². The third-order valence-electron chi connectivity index (χ3n) is 3.96. The molecule has 110 valence electrons. The van der Waals surface area contributed by atoms with Crippen LogP contribution in [-0.4, -0.2) is 42.2 Å². The number of rotatable bonds is 6. The Hall–Kier alpha value is -1.55. The molecule has 1 heterocycles. The summed E-state index contributed by atoms with van der Waals surface area (Å²) in [5.74, 6) is 0.354. The van der Waals surface area contributed by atoms with Crippen LogP contribution in [0.4, 0.5) is 0 Å². The molecule has 1 aliphatic rings. The van der Waals surface area contributed by atoms with Gasteiger partial charge in [0.1, 0.15) is 5.75 Å². The van der Waals surface area contributed by atoms with Crippen LogP contribution in [0.1, 0.15) is 31.7 Å². The molecule has 0 spiro atoms. The Kier molecular flexibility index (Phi) is 5.01. The maximum absolute atomic E-state index is 11.0. The van der Waals surface area contributed by atoms with Crippen LogP contribution in [-0.2, 0) is 4.79 Å². The number of aliphatic carboxylic acids is 1. The van der Waals surface area contributed by atoms with Crippen LogP contribution in [0.5, 0.6) is 5.75 Å². The van der Waals surface area contributed by atoms with E-state index in [2.05, 4.69) is 17.9 Å². The van der Waals surface area contributed by atoms with Gasteiger partial charge in [0.05, 0.1) is 12.5 Å². The van der Waals surface area contributed by atoms with Crippen molar-refractivity contribution in [2.24, 2.45) is 5.92 Å². The van der Waals surface area contributed by atoms with Crippen molar-refractivity contribution in [1.82, 2.24) is 4.90 Å². The molecule has 20 heavy (non-hydrogen) atoms. The molecule has 0 saturated carbocycles. The zero-order valence-electron chi connectivity index (χ0n) is 12.2. The molecule has 0 aromatic heterocycles. The molecule has 0 aliphatic carbocycles. The van der Waals surface area contributed by atoms with E-state index in [1.165, 1.54) is 5.56 Å². The summed E-state index contributed by atoms with van der Waals surface area (Å²) in [6.45, 7) is 6.97. The Balaban J connectivity index is 2.03. The molecule has 0 fully saturated rings. The summed E-state index contributed by atoms with van der Waals surface area (Å²) in [7, 11) is 0. The summed E-state index contributed by atoms with van der Waals surface area (Å²) in [6, 6.07) is 8.16. The zero-order valence-corrected chi connectivity index (χ0v) is 12.2. The van der Waals surface area contributed by atoms with Crippen LogP contribution in [0, 0.1) is 5.92 Å². The Labute approximate surface area is 120 Å². The van der Waals surface area contributed by atoms with E-state index >= 15 is 0 Å². The van der Waals surface area contributed by atoms with Gasteiger partial charge in [-0.3, -0.25) is 4.79 Å². The molecule has 1 aromatic rings. The number of para-hydroxylation sites is 1. The molecule has 4 nitrogen and oxygen atoms in total.